The molecule has 0 unspecified atom stereocenters. The second-order valence-corrected chi connectivity index (χ2v) is 5.07. The number of rotatable bonds is 3. The summed E-state index contributed by atoms with van der Waals surface area (Å²) >= 11 is 0. The number of nitrogens with zero attached hydrogens (tertiary/aromatic N) is 1. The van der Waals surface area contributed by atoms with Crippen LogP contribution in [0.15, 0.2) is 4.99 Å². The summed E-state index contributed by atoms with van der Waals surface area (Å²) in [6, 6.07) is 0.595. The second-order valence-electron chi connectivity index (χ2n) is 5.07. The number of aliphatic hydroxyl groups is 2. The van der Waals surface area contributed by atoms with Gasteiger partial charge in [-0.3, -0.25) is 0 Å². The van der Waals surface area contributed by atoms with E-state index in [1.165, 1.54) is 0 Å². The van der Waals surface area contributed by atoms with Crippen molar-refractivity contribution in [2.75, 3.05) is 6.54 Å². The predicted molar refractivity (Wildman–Crippen MR) is 64.8 cm³/mol. The van der Waals surface area contributed by atoms with Crippen LogP contribution in [0.4, 0.5) is 0 Å². The SMILES string of the molecule is CCCCN=C1N[C@@H]2C[C@@H](C)[C@@H](O)[C@@H](O)[C@@H]2O1. The minimum Gasteiger partial charge on any atom is -0.457 e. The van der Waals surface area contributed by atoms with E-state index >= 15 is 0 Å². The van der Waals surface area contributed by atoms with E-state index in [2.05, 4.69) is 17.2 Å². The topological polar surface area (TPSA) is 74.1 Å². The summed E-state index contributed by atoms with van der Waals surface area (Å²) in [6.07, 6.45) is 1.05. The van der Waals surface area contributed by atoms with Crippen molar-refractivity contribution < 1.29 is 14.9 Å². The lowest BCUT2D eigenvalue weighted by Crippen LogP contribution is -2.53. The largest absolute Gasteiger partial charge is 0.457 e. The van der Waals surface area contributed by atoms with Crippen LogP contribution in [0, 0.1) is 5.92 Å². The first kappa shape index (κ1) is 12.6. The molecule has 0 radical (unpaired) electrons. The monoisotopic (exact) mass is 242 g/mol. The number of unbranched alkanes of at least 4 members (excludes halogenated alkanes) is 1. The van der Waals surface area contributed by atoms with Gasteiger partial charge in [0.15, 0.2) is 6.10 Å². The van der Waals surface area contributed by atoms with Gasteiger partial charge in [-0.15, -0.1) is 0 Å². The van der Waals surface area contributed by atoms with Crippen LogP contribution >= 0.6 is 0 Å². The van der Waals surface area contributed by atoms with Crippen molar-refractivity contribution in [2.24, 2.45) is 10.9 Å². The molecule has 1 saturated heterocycles. The van der Waals surface area contributed by atoms with E-state index in [1.54, 1.807) is 0 Å². The van der Waals surface area contributed by atoms with Gasteiger partial charge in [-0.2, -0.15) is 0 Å². The van der Waals surface area contributed by atoms with Gasteiger partial charge < -0.3 is 20.3 Å². The molecule has 5 nitrogen and oxygen atoms in total. The number of fused-ring (bicyclic) bond motifs is 1. The third-order valence-electron chi connectivity index (χ3n) is 3.62. The molecule has 1 aliphatic heterocycles. The lowest BCUT2D eigenvalue weighted by molar-refractivity contribution is -0.0986. The number of aliphatic hydroxyl groups excluding tert-OH is 2. The molecule has 0 aromatic rings. The summed E-state index contributed by atoms with van der Waals surface area (Å²) in [7, 11) is 0. The van der Waals surface area contributed by atoms with E-state index < -0.39 is 12.2 Å². The van der Waals surface area contributed by atoms with Crippen molar-refractivity contribution in [1.29, 1.82) is 0 Å². The average molecular weight is 242 g/mol. The number of nitrogens with one attached hydrogen (secondary N) is 1. The van der Waals surface area contributed by atoms with Crippen molar-refractivity contribution in [3.05, 3.63) is 0 Å². The molecule has 2 fully saturated rings. The van der Waals surface area contributed by atoms with Gasteiger partial charge >= 0.3 is 0 Å². The summed E-state index contributed by atoms with van der Waals surface area (Å²) in [5.41, 5.74) is 0. The molecular formula is C12H22N2O3. The summed E-state index contributed by atoms with van der Waals surface area (Å²) in [6.45, 7) is 4.80. The van der Waals surface area contributed by atoms with E-state index in [-0.39, 0.29) is 18.1 Å². The first-order valence-corrected chi connectivity index (χ1v) is 6.47. The van der Waals surface area contributed by atoms with E-state index in [4.69, 9.17) is 4.74 Å². The Kier molecular flexibility index (Phi) is 3.89. The number of amidine groups is 1. The van der Waals surface area contributed by atoms with E-state index in [0.29, 0.717) is 6.02 Å². The molecule has 2 rings (SSSR count). The van der Waals surface area contributed by atoms with E-state index in [0.717, 1.165) is 25.8 Å². The molecule has 5 atom stereocenters. The summed E-state index contributed by atoms with van der Waals surface area (Å²) < 4.78 is 5.57. The maximum absolute atomic E-state index is 9.94. The van der Waals surface area contributed by atoms with Gasteiger partial charge in [0.1, 0.15) is 6.10 Å². The third-order valence-corrected chi connectivity index (χ3v) is 3.62. The molecule has 0 aromatic heterocycles. The third kappa shape index (κ3) is 2.55. The Morgan fingerprint density at radius 3 is 2.88 bits per heavy atom. The highest BCUT2D eigenvalue weighted by molar-refractivity contribution is 5.76. The maximum atomic E-state index is 9.94. The van der Waals surface area contributed by atoms with Gasteiger partial charge in [-0.1, -0.05) is 20.3 Å². The van der Waals surface area contributed by atoms with Crippen LogP contribution in [0.5, 0.6) is 0 Å². The highest BCUT2D eigenvalue weighted by Crippen LogP contribution is 2.30. The standard InChI is InChI=1S/C12H22N2O3/c1-3-4-5-13-12-14-8-6-7(2)9(15)10(16)11(8)17-12/h7-11,15-16H,3-6H2,1-2H3,(H,13,14)/t7-,8-,9-,10-,11-/m1/s1. The van der Waals surface area contributed by atoms with E-state index in [9.17, 15) is 10.2 Å². The van der Waals surface area contributed by atoms with Gasteiger partial charge in [0.05, 0.1) is 12.1 Å². The Hall–Kier alpha value is -0.810. The Morgan fingerprint density at radius 2 is 2.18 bits per heavy atom. The Balaban J connectivity index is 1.97. The highest BCUT2D eigenvalue weighted by atomic mass is 16.5. The maximum Gasteiger partial charge on any atom is 0.285 e. The normalized spacial score (nSPS) is 43.1. The minimum atomic E-state index is -0.824. The summed E-state index contributed by atoms with van der Waals surface area (Å²) in [4.78, 5) is 4.31. The minimum absolute atomic E-state index is 0.0729. The first-order chi connectivity index (χ1) is 8.13. The average Bonchev–Trinajstić information content (AvgIpc) is 2.70. The Morgan fingerprint density at radius 1 is 1.41 bits per heavy atom. The van der Waals surface area contributed by atoms with Crippen LogP contribution in [0.3, 0.4) is 0 Å². The summed E-state index contributed by atoms with van der Waals surface area (Å²) in [5, 5.41) is 22.9. The molecule has 0 bridgehead atoms. The lowest BCUT2D eigenvalue weighted by atomic mass is 9.81. The molecule has 3 N–H and O–H groups in total. The second kappa shape index (κ2) is 5.23. The van der Waals surface area contributed by atoms with Crippen LogP contribution in [0.25, 0.3) is 0 Å². The van der Waals surface area contributed by atoms with Crippen LogP contribution < -0.4 is 5.32 Å². The van der Waals surface area contributed by atoms with Crippen molar-refractivity contribution in [2.45, 2.75) is 57.5 Å². The molecule has 0 spiro atoms. The molecule has 1 heterocycles. The van der Waals surface area contributed by atoms with Crippen molar-refractivity contribution in [1.82, 2.24) is 5.32 Å². The number of ether oxygens (including phenoxy) is 1. The van der Waals surface area contributed by atoms with Crippen LogP contribution in [-0.4, -0.2) is 47.1 Å². The molecule has 0 aromatic carbocycles. The van der Waals surface area contributed by atoms with Gasteiger partial charge in [0, 0.05) is 6.54 Å². The molecule has 1 aliphatic carbocycles. The lowest BCUT2D eigenvalue weighted by Gasteiger charge is -2.36. The molecule has 5 heteroatoms. The van der Waals surface area contributed by atoms with Crippen molar-refractivity contribution in [3.63, 3.8) is 0 Å². The molecule has 17 heavy (non-hydrogen) atoms. The molecular weight excluding hydrogens is 220 g/mol. The van der Waals surface area contributed by atoms with Gasteiger partial charge in [-0.05, 0) is 18.8 Å². The van der Waals surface area contributed by atoms with Gasteiger partial charge in [0.25, 0.3) is 6.02 Å². The van der Waals surface area contributed by atoms with Gasteiger partial charge in [-0.25, -0.2) is 4.99 Å². The molecule has 2 aliphatic rings. The quantitative estimate of drug-likeness (QED) is 0.621. The van der Waals surface area contributed by atoms with Crippen molar-refractivity contribution >= 4 is 6.02 Å². The van der Waals surface area contributed by atoms with Crippen LogP contribution in [-0.2, 0) is 4.74 Å². The number of hydrogen-bond acceptors (Lipinski definition) is 4. The van der Waals surface area contributed by atoms with Gasteiger partial charge in [0.2, 0.25) is 0 Å². The molecule has 98 valence electrons. The highest BCUT2D eigenvalue weighted by Gasteiger charge is 2.47. The zero-order valence-electron chi connectivity index (χ0n) is 10.5. The van der Waals surface area contributed by atoms with E-state index in [1.807, 2.05) is 6.92 Å². The van der Waals surface area contributed by atoms with Crippen LogP contribution in [0.2, 0.25) is 0 Å². The fraction of sp³-hybridized carbons (Fsp3) is 0.917. The number of aliphatic imine (C=N–C) groups is 1. The summed E-state index contributed by atoms with van der Waals surface area (Å²) in [5.74, 6) is 0.0809. The Bertz CT molecular complexity index is 295. The fourth-order valence-electron chi connectivity index (χ4n) is 2.48. The zero-order chi connectivity index (χ0) is 12.4. The number of hydrogen-bond donors (Lipinski definition) is 3. The predicted octanol–water partition coefficient (Wildman–Crippen LogP) is 0.261. The molecule has 0 amide bonds. The van der Waals surface area contributed by atoms with Crippen LogP contribution in [0.1, 0.15) is 33.1 Å². The molecule has 1 saturated carbocycles. The van der Waals surface area contributed by atoms with Crippen molar-refractivity contribution in [3.8, 4) is 0 Å². The first-order valence-electron chi connectivity index (χ1n) is 6.47. The smallest absolute Gasteiger partial charge is 0.285 e. The Labute approximate surface area is 102 Å². The zero-order valence-corrected chi connectivity index (χ0v) is 10.5. The fourth-order valence-corrected chi connectivity index (χ4v) is 2.48.